The molecule has 20 heavy (non-hydrogen) atoms. The fourth-order valence-corrected chi connectivity index (χ4v) is 5.40. The normalized spacial score (nSPS) is 39.0. The minimum Gasteiger partial charge on any atom is -0.375 e. The zero-order chi connectivity index (χ0) is 14.0. The number of rotatable bonds is 2. The van der Waals surface area contributed by atoms with Gasteiger partial charge in [-0.05, 0) is 63.1 Å². The third-order valence-corrected chi connectivity index (χ3v) is 6.44. The van der Waals surface area contributed by atoms with Crippen LogP contribution >= 0.6 is 11.8 Å². The maximum atomic E-state index is 6.21. The molecule has 4 heteroatoms. The highest BCUT2D eigenvalue weighted by Gasteiger charge is 2.39. The van der Waals surface area contributed by atoms with Crippen LogP contribution in [0.4, 0.5) is 0 Å². The van der Waals surface area contributed by atoms with Gasteiger partial charge in [-0.3, -0.25) is 0 Å². The van der Waals surface area contributed by atoms with Gasteiger partial charge in [0.05, 0.1) is 5.60 Å². The number of nitrogens with zero attached hydrogens (tertiary/aromatic N) is 1. The summed E-state index contributed by atoms with van der Waals surface area (Å²) in [6, 6.07) is 1.40. The average Bonchev–Trinajstić information content (AvgIpc) is 2.43. The first-order chi connectivity index (χ1) is 9.67. The number of hydrogen-bond donors (Lipinski definition) is 1. The Bertz CT molecular complexity index is 314. The number of ether oxygens (including phenoxy) is 1. The summed E-state index contributed by atoms with van der Waals surface area (Å²) in [7, 11) is 2.25. The monoisotopic (exact) mass is 298 g/mol. The molecular weight excluding hydrogens is 268 g/mol. The fraction of sp³-hybridized carbons (Fsp3) is 1.00. The maximum Gasteiger partial charge on any atom is 0.0713 e. The Balaban J connectivity index is 1.54. The molecule has 3 saturated heterocycles. The van der Waals surface area contributed by atoms with Gasteiger partial charge < -0.3 is 15.0 Å². The summed E-state index contributed by atoms with van der Waals surface area (Å²) in [5, 5.41) is 3.99. The molecule has 3 aliphatic heterocycles. The van der Waals surface area contributed by atoms with Crippen molar-refractivity contribution in [2.45, 2.75) is 56.7 Å². The van der Waals surface area contributed by atoms with Crippen LogP contribution in [0.1, 0.15) is 39.0 Å². The lowest BCUT2D eigenvalue weighted by molar-refractivity contribution is -0.0954. The topological polar surface area (TPSA) is 24.5 Å². The van der Waals surface area contributed by atoms with Gasteiger partial charge in [0.2, 0.25) is 0 Å². The minimum absolute atomic E-state index is 0.218. The van der Waals surface area contributed by atoms with Gasteiger partial charge in [0, 0.05) is 25.2 Å². The van der Waals surface area contributed by atoms with Crippen molar-refractivity contribution in [1.29, 1.82) is 0 Å². The Morgan fingerprint density at radius 2 is 2.05 bits per heavy atom. The number of thioether (sulfide) groups is 1. The molecule has 0 saturated carbocycles. The zero-order valence-electron chi connectivity index (χ0n) is 13.1. The van der Waals surface area contributed by atoms with E-state index < -0.39 is 0 Å². The van der Waals surface area contributed by atoms with E-state index in [1.165, 1.54) is 56.7 Å². The first kappa shape index (κ1) is 15.1. The molecule has 3 unspecified atom stereocenters. The van der Waals surface area contributed by atoms with Gasteiger partial charge in [-0.2, -0.15) is 11.8 Å². The molecule has 0 aromatic heterocycles. The van der Waals surface area contributed by atoms with Crippen LogP contribution in [0, 0.1) is 5.92 Å². The smallest absolute Gasteiger partial charge is 0.0713 e. The summed E-state index contributed by atoms with van der Waals surface area (Å²) >= 11 is 2.09. The van der Waals surface area contributed by atoms with Crippen molar-refractivity contribution in [3.8, 4) is 0 Å². The van der Waals surface area contributed by atoms with Gasteiger partial charge in [0.15, 0.2) is 0 Å². The van der Waals surface area contributed by atoms with Gasteiger partial charge in [0.1, 0.15) is 0 Å². The van der Waals surface area contributed by atoms with Crippen molar-refractivity contribution in [2.24, 2.45) is 5.92 Å². The van der Waals surface area contributed by atoms with Crippen LogP contribution in [-0.2, 0) is 4.74 Å². The van der Waals surface area contributed by atoms with E-state index in [1.807, 2.05) is 0 Å². The van der Waals surface area contributed by atoms with Crippen molar-refractivity contribution in [3.05, 3.63) is 0 Å². The Hall–Kier alpha value is 0.230. The predicted molar refractivity (Wildman–Crippen MR) is 86.5 cm³/mol. The van der Waals surface area contributed by atoms with Crippen molar-refractivity contribution in [3.63, 3.8) is 0 Å². The molecule has 0 radical (unpaired) electrons. The highest BCUT2D eigenvalue weighted by Crippen LogP contribution is 2.37. The molecule has 3 atom stereocenters. The van der Waals surface area contributed by atoms with E-state index in [1.54, 1.807) is 0 Å². The molecule has 1 N–H and O–H groups in total. The van der Waals surface area contributed by atoms with E-state index in [0.29, 0.717) is 12.1 Å². The van der Waals surface area contributed by atoms with Crippen molar-refractivity contribution >= 4 is 11.8 Å². The first-order valence-electron chi connectivity index (χ1n) is 8.33. The summed E-state index contributed by atoms with van der Waals surface area (Å²) in [5.41, 5.74) is 0.218. The standard InChI is InChI=1S/C16H30N2OS/c1-13-12-18(2)7-3-15(13)17-14-4-8-19-16(11-14)5-9-20-10-6-16/h13-15,17H,3-12H2,1-2H3. The van der Waals surface area contributed by atoms with E-state index in [4.69, 9.17) is 4.74 Å². The molecule has 0 bridgehead atoms. The third-order valence-electron chi connectivity index (χ3n) is 5.46. The summed E-state index contributed by atoms with van der Waals surface area (Å²) in [5.74, 6) is 3.35. The number of nitrogens with one attached hydrogen (secondary N) is 1. The second-order valence-corrected chi connectivity index (χ2v) is 8.36. The molecule has 3 aliphatic rings. The summed E-state index contributed by atoms with van der Waals surface area (Å²) in [4.78, 5) is 2.46. The van der Waals surface area contributed by atoms with Crippen LogP contribution in [0.5, 0.6) is 0 Å². The van der Waals surface area contributed by atoms with Crippen LogP contribution in [0.15, 0.2) is 0 Å². The lowest BCUT2D eigenvalue weighted by Crippen LogP contribution is -2.55. The van der Waals surface area contributed by atoms with E-state index in [-0.39, 0.29) is 5.60 Å². The van der Waals surface area contributed by atoms with E-state index >= 15 is 0 Å². The number of likely N-dealkylation sites (tertiary alicyclic amines) is 1. The van der Waals surface area contributed by atoms with Crippen molar-refractivity contribution in [2.75, 3.05) is 38.2 Å². The van der Waals surface area contributed by atoms with Crippen molar-refractivity contribution < 1.29 is 4.74 Å². The van der Waals surface area contributed by atoms with Crippen LogP contribution in [-0.4, -0.2) is 60.8 Å². The minimum atomic E-state index is 0.218. The SMILES string of the molecule is CC1CN(C)CCC1NC1CCOC2(CCSCC2)C1. The van der Waals surface area contributed by atoms with Gasteiger partial charge in [-0.25, -0.2) is 0 Å². The molecule has 3 nitrogen and oxygen atoms in total. The number of hydrogen-bond acceptors (Lipinski definition) is 4. The lowest BCUT2D eigenvalue weighted by atomic mass is 9.84. The molecule has 116 valence electrons. The highest BCUT2D eigenvalue weighted by atomic mass is 32.2. The molecule has 0 aliphatic carbocycles. The fourth-order valence-electron chi connectivity index (χ4n) is 4.17. The molecule has 3 heterocycles. The summed E-state index contributed by atoms with van der Waals surface area (Å²) in [6.07, 6.45) is 6.27. The molecular formula is C16H30N2OS. The van der Waals surface area contributed by atoms with E-state index in [9.17, 15) is 0 Å². The van der Waals surface area contributed by atoms with Gasteiger partial charge in [0.25, 0.3) is 0 Å². The van der Waals surface area contributed by atoms with E-state index in [2.05, 4.69) is 35.9 Å². The Morgan fingerprint density at radius 1 is 1.25 bits per heavy atom. The van der Waals surface area contributed by atoms with Gasteiger partial charge in [-0.15, -0.1) is 0 Å². The van der Waals surface area contributed by atoms with Crippen LogP contribution in [0.25, 0.3) is 0 Å². The maximum absolute atomic E-state index is 6.21. The Morgan fingerprint density at radius 3 is 2.80 bits per heavy atom. The van der Waals surface area contributed by atoms with Crippen LogP contribution < -0.4 is 5.32 Å². The molecule has 3 rings (SSSR count). The Labute approximate surface area is 128 Å². The summed E-state index contributed by atoms with van der Waals surface area (Å²) in [6.45, 7) is 5.85. The first-order valence-corrected chi connectivity index (χ1v) is 9.49. The highest BCUT2D eigenvalue weighted by molar-refractivity contribution is 7.99. The van der Waals surface area contributed by atoms with Crippen LogP contribution in [0.3, 0.4) is 0 Å². The number of piperidine rings is 1. The third kappa shape index (κ3) is 3.52. The quantitative estimate of drug-likeness (QED) is 0.846. The van der Waals surface area contributed by atoms with Gasteiger partial charge >= 0.3 is 0 Å². The molecule has 0 aromatic rings. The lowest BCUT2D eigenvalue weighted by Gasteiger charge is -2.45. The van der Waals surface area contributed by atoms with Gasteiger partial charge in [-0.1, -0.05) is 6.92 Å². The zero-order valence-corrected chi connectivity index (χ0v) is 13.9. The second-order valence-electron chi connectivity index (χ2n) is 7.13. The van der Waals surface area contributed by atoms with Crippen LogP contribution in [0.2, 0.25) is 0 Å². The Kier molecular flexibility index (Phi) is 4.96. The average molecular weight is 298 g/mol. The largest absolute Gasteiger partial charge is 0.375 e. The molecule has 3 fully saturated rings. The molecule has 0 aromatic carbocycles. The summed E-state index contributed by atoms with van der Waals surface area (Å²) < 4.78 is 6.21. The second kappa shape index (κ2) is 6.55. The molecule has 0 amide bonds. The predicted octanol–water partition coefficient (Wildman–Crippen LogP) is 2.36. The molecule has 1 spiro atoms. The van der Waals surface area contributed by atoms with E-state index in [0.717, 1.165) is 12.5 Å². The van der Waals surface area contributed by atoms with Crippen molar-refractivity contribution in [1.82, 2.24) is 10.2 Å².